The van der Waals surface area contributed by atoms with Crippen LogP contribution in [0.2, 0.25) is 0 Å². The van der Waals surface area contributed by atoms with E-state index in [1.807, 2.05) is 32.0 Å². The Morgan fingerprint density at radius 1 is 1.00 bits per heavy atom. The molecule has 0 spiro atoms. The molecule has 4 nitrogen and oxygen atoms in total. The maximum atomic E-state index is 12.9. The third-order valence-electron chi connectivity index (χ3n) is 4.75. The first-order valence-electron chi connectivity index (χ1n) is 7.99. The molecule has 5 heteroatoms. The first kappa shape index (κ1) is 16.9. The van der Waals surface area contributed by atoms with Crippen LogP contribution in [0, 0.1) is 13.8 Å². The van der Waals surface area contributed by atoms with Crippen LogP contribution in [-0.2, 0) is 32.2 Å². The Hall–Kier alpha value is -1.98. The zero-order valence-electron chi connectivity index (χ0n) is 14.2. The summed E-state index contributed by atoms with van der Waals surface area (Å²) in [5.41, 5.74) is 4.73. The molecule has 0 aliphatic heterocycles. The largest absolute Gasteiger partial charge is 0.588 e. The van der Waals surface area contributed by atoms with Gasteiger partial charge in [0.1, 0.15) is 5.78 Å². The fraction of sp³-hybridized carbons (Fsp3) is 0.316. The summed E-state index contributed by atoms with van der Waals surface area (Å²) in [5, 5.41) is 0. The van der Waals surface area contributed by atoms with Gasteiger partial charge in [-0.2, -0.15) is 4.31 Å². The third kappa shape index (κ3) is 3.01. The van der Waals surface area contributed by atoms with E-state index in [9.17, 15) is 13.6 Å². The second kappa shape index (κ2) is 6.15. The van der Waals surface area contributed by atoms with Crippen molar-refractivity contribution in [2.24, 2.45) is 0 Å². The summed E-state index contributed by atoms with van der Waals surface area (Å²) in [7, 11) is -2.05. The van der Waals surface area contributed by atoms with E-state index in [-0.39, 0.29) is 10.7 Å². The van der Waals surface area contributed by atoms with Crippen molar-refractivity contribution in [3.8, 4) is 0 Å². The van der Waals surface area contributed by atoms with Crippen molar-refractivity contribution in [3.63, 3.8) is 0 Å². The fourth-order valence-electron chi connectivity index (χ4n) is 2.96. The minimum atomic E-state index is -3.62. The highest BCUT2D eigenvalue weighted by Crippen LogP contribution is 2.30. The predicted molar refractivity (Wildman–Crippen MR) is 94.9 cm³/mol. The van der Waals surface area contributed by atoms with Gasteiger partial charge in [0.05, 0.1) is 12.7 Å². The molecule has 1 atom stereocenters. The van der Waals surface area contributed by atoms with E-state index in [1.54, 1.807) is 25.2 Å². The molecule has 0 saturated heterocycles. The normalized spacial score (nSPS) is 16.4. The number of fused-ring (bicyclic) bond motifs is 1. The molecule has 3 rings (SSSR count). The Balaban J connectivity index is 1.96. The van der Waals surface area contributed by atoms with E-state index in [0.29, 0.717) is 24.9 Å². The zero-order valence-corrected chi connectivity index (χ0v) is 15.0. The van der Waals surface area contributed by atoms with Crippen LogP contribution in [0.15, 0.2) is 41.3 Å². The van der Waals surface area contributed by atoms with Crippen molar-refractivity contribution in [3.05, 3.63) is 58.7 Å². The minimum Gasteiger partial charge on any atom is -0.588 e. The van der Waals surface area contributed by atoms with Gasteiger partial charge >= 0.3 is 0 Å². The Kier molecular flexibility index (Phi) is 4.32. The van der Waals surface area contributed by atoms with Crippen LogP contribution in [0.3, 0.4) is 0 Å². The average molecular weight is 343 g/mol. The lowest BCUT2D eigenvalue weighted by Gasteiger charge is -2.27. The number of carbonyl (C=O) groups excluding carboxylic acids is 1. The van der Waals surface area contributed by atoms with Crippen LogP contribution in [-0.4, -0.2) is 17.4 Å². The molecule has 0 saturated carbocycles. The van der Waals surface area contributed by atoms with Crippen molar-refractivity contribution in [2.75, 3.05) is 11.4 Å². The number of ketones is 1. The van der Waals surface area contributed by atoms with Crippen LogP contribution < -0.4 is 4.31 Å². The lowest BCUT2D eigenvalue weighted by atomic mass is 9.91. The Labute approximate surface area is 143 Å². The van der Waals surface area contributed by atoms with Crippen LogP contribution >= 0.6 is 0 Å². The lowest BCUT2D eigenvalue weighted by molar-refractivity contribution is -0.118. The van der Waals surface area contributed by atoms with E-state index in [1.165, 1.54) is 4.31 Å². The Bertz CT molecular complexity index is 860. The van der Waals surface area contributed by atoms with Gasteiger partial charge in [0.25, 0.3) is 0 Å². The van der Waals surface area contributed by atoms with Crippen molar-refractivity contribution in [1.82, 2.24) is 0 Å². The second-order valence-corrected chi connectivity index (χ2v) is 8.36. The topological polar surface area (TPSA) is 60.4 Å². The molecule has 126 valence electrons. The smallest absolute Gasteiger partial charge is 0.182 e. The summed E-state index contributed by atoms with van der Waals surface area (Å²) in [6.07, 6.45) is 1.51. The van der Waals surface area contributed by atoms with Gasteiger partial charge in [-0.3, -0.25) is 4.79 Å². The molecular weight excluding hydrogens is 322 g/mol. The number of aryl methyl sites for hydroxylation is 3. The number of sulfonamides is 1. The van der Waals surface area contributed by atoms with E-state index in [0.717, 1.165) is 22.3 Å². The first-order valence-corrected chi connectivity index (χ1v) is 9.43. The molecule has 0 amide bonds. The zero-order chi connectivity index (χ0) is 17.5. The quantitative estimate of drug-likeness (QED) is 0.803. The monoisotopic (exact) mass is 343 g/mol. The highest BCUT2D eigenvalue weighted by Gasteiger charge is 2.29. The van der Waals surface area contributed by atoms with Crippen LogP contribution in [0.4, 0.5) is 5.69 Å². The van der Waals surface area contributed by atoms with Gasteiger partial charge in [0.15, 0.2) is 15.3 Å². The molecule has 0 aromatic heterocycles. The van der Waals surface area contributed by atoms with Crippen molar-refractivity contribution in [2.45, 2.75) is 38.0 Å². The predicted octanol–water partition coefficient (Wildman–Crippen LogP) is 3.40. The Morgan fingerprint density at radius 3 is 2.46 bits per heavy atom. The van der Waals surface area contributed by atoms with Gasteiger partial charge in [-0.15, -0.1) is 0 Å². The number of benzene rings is 2. The summed E-state index contributed by atoms with van der Waals surface area (Å²) in [4.78, 5) is 11.8. The number of Topliss-reactive ketones (excluding diaryl/α,β-unsaturated/α-hetero) is 1. The molecule has 1 unspecified atom stereocenters. The molecule has 1 aliphatic rings. The van der Waals surface area contributed by atoms with Crippen molar-refractivity contribution < 1.29 is 13.6 Å². The summed E-state index contributed by atoms with van der Waals surface area (Å²) >= 11 is 0. The van der Waals surface area contributed by atoms with E-state index in [2.05, 4.69) is 0 Å². The van der Waals surface area contributed by atoms with Crippen molar-refractivity contribution in [1.29, 1.82) is 0 Å². The number of hydrogen-bond acceptors (Lipinski definition) is 3. The SMILES string of the molecule is Cc1ccc(N(C)[S+](=O)([O-])c2ccc3c(c2)CCC(=O)C3)cc1C. The average Bonchev–Trinajstić information content (AvgIpc) is 2.56. The fourth-order valence-corrected chi connectivity index (χ4v) is 4.20. The van der Waals surface area contributed by atoms with E-state index in [4.69, 9.17) is 0 Å². The summed E-state index contributed by atoms with van der Waals surface area (Å²) in [6, 6.07) is 10.7. The molecule has 1 aliphatic carbocycles. The number of rotatable bonds is 3. The molecular formula is C19H21NO3S. The summed E-state index contributed by atoms with van der Waals surface area (Å²) in [5.74, 6) is 0.213. The van der Waals surface area contributed by atoms with Gasteiger partial charge in [0, 0.05) is 12.8 Å². The van der Waals surface area contributed by atoms with Gasteiger partial charge in [-0.1, -0.05) is 16.3 Å². The number of anilines is 1. The van der Waals surface area contributed by atoms with Crippen molar-refractivity contribution >= 4 is 21.9 Å². The van der Waals surface area contributed by atoms with Crippen LogP contribution in [0.5, 0.6) is 0 Å². The maximum Gasteiger partial charge on any atom is 0.182 e. The van der Waals surface area contributed by atoms with Gasteiger partial charge in [-0.05, 0) is 66.8 Å². The van der Waals surface area contributed by atoms with Gasteiger partial charge in [0.2, 0.25) is 0 Å². The number of nitrogens with zero attached hydrogens (tertiary/aromatic N) is 1. The van der Waals surface area contributed by atoms with E-state index < -0.39 is 10.4 Å². The van der Waals surface area contributed by atoms with Gasteiger partial charge < -0.3 is 4.55 Å². The molecule has 0 N–H and O–H groups in total. The summed E-state index contributed by atoms with van der Waals surface area (Å²) < 4.78 is 27.2. The molecule has 2 aromatic carbocycles. The highest BCUT2D eigenvalue weighted by atomic mass is 32.3. The first-order chi connectivity index (χ1) is 11.3. The highest BCUT2D eigenvalue weighted by molar-refractivity contribution is 7.99. The summed E-state index contributed by atoms with van der Waals surface area (Å²) in [6.45, 7) is 3.97. The molecule has 2 aromatic rings. The Morgan fingerprint density at radius 2 is 1.75 bits per heavy atom. The molecule has 0 radical (unpaired) electrons. The maximum absolute atomic E-state index is 12.9. The number of carbonyl (C=O) groups is 1. The number of hydrogen-bond donors (Lipinski definition) is 0. The standard InChI is InChI=1S/C19H21NO3S/c1-13-4-7-17(10-14(13)2)20(3)24(22,23)19-9-6-15-11-18(21)8-5-16(15)12-19/h4,6-7,9-10,12H,5,8,11H2,1-3H3. The molecule has 0 heterocycles. The second-order valence-electron chi connectivity index (χ2n) is 6.39. The molecule has 0 fully saturated rings. The lowest BCUT2D eigenvalue weighted by Crippen LogP contribution is -2.33. The van der Waals surface area contributed by atoms with Crippen LogP contribution in [0.1, 0.15) is 28.7 Å². The molecule has 24 heavy (non-hydrogen) atoms. The van der Waals surface area contributed by atoms with Gasteiger partial charge in [-0.25, -0.2) is 0 Å². The van der Waals surface area contributed by atoms with E-state index >= 15 is 0 Å². The minimum absolute atomic E-state index is 0.213. The molecule has 0 bridgehead atoms. The van der Waals surface area contributed by atoms with Crippen LogP contribution in [0.25, 0.3) is 0 Å². The third-order valence-corrected chi connectivity index (χ3v) is 6.53.